The molecule has 0 N–H and O–H groups in total. The SMILES string of the molecule is C=Cc1ccc(Oc2ccc(C3(C4=CCC(F)C=C4)C4=C(C=CC(N(c5ccc(F)c(F)c5)c5ccc6c(c5)C5C=C(N(C7=CC8C(C=C7)C7C=CCCC7C8(c7ccc(F)cc7)C7CC=C(OC8C=CC(C=C)CC8)CC7)c7ccc(F)c(F)c7)C=CC5O6)C4)C4C=CC=CC43)cc2)cc1. The zero-order valence-corrected chi connectivity index (χ0v) is 56.0. The minimum atomic E-state index is -1.13. The van der Waals surface area contributed by atoms with Crippen LogP contribution >= 0.6 is 0 Å². The van der Waals surface area contributed by atoms with Gasteiger partial charge in [-0.2, -0.15) is 0 Å². The lowest BCUT2D eigenvalue weighted by Crippen LogP contribution is -2.46. The van der Waals surface area contributed by atoms with Crippen molar-refractivity contribution in [3.05, 3.63) is 353 Å². The highest BCUT2D eigenvalue weighted by Gasteiger charge is 2.63. The van der Waals surface area contributed by atoms with Crippen LogP contribution in [0.25, 0.3) is 6.08 Å². The van der Waals surface area contributed by atoms with Crippen molar-refractivity contribution in [3.63, 3.8) is 0 Å². The van der Waals surface area contributed by atoms with Gasteiger partial charge in [0.25, 0.3) is 0 Å². The molecule has 6 aromatic rings. The van der Waals surface area contributed by atoms with E-state index in [9.17, 15) is 0 Å². The molecule has 0 amide bonds. The summed E-state index contributed by atoms with van der Waals surface area (Å²) in [6.45, 7) is 7.90. The van der Waals surface area contributed by atoms with Crippen LogP contribution < -0.4 is 19.3 Å². The standard InChI is InChI=1S/C90H78F6N2O3/c1-3-55-13-35-69(36-14-55)99-71-39-21-59(22-40-71)89(57-17-25-61(91)26-18-57)79-11-7-5-9-73(79)75-43-29-65(51-81(75)89)97(67-31-45-83(93)85(95)53-67)63-33-47-87-77(49-63)78-50-64(34-48-88(78)101-87)98(68-32-46-84(94)86(96)54-68)66-30-44-76-74-10-6-8-12-80(74)90(82(76)52-66,58-19-27-62(92)28-20-58)60-23-41-72(42-24-60)100-70-37-15-56(4-2)16-38-70/h3-7,9-11,13-15,17-22,25,27-37,39-41,43-50,52-54,56,60-61,65,70,73-74,76,78-80,82,88H,1-2,8,12,16,23-24,26,38,42,51H2. The summed E-state index contributed by atoms with van der Waals surface area (Å²) in [6, 6.07) is 36.9. The topological polar surface area (TPSA) is 34.2 Å². The Labute approximate surface area is 587 Å². The summed E-state index contributed by atoms with van der Waals surface area (Å²) in [5.41, 5.74) is 9.10. The van der Waals surface area contributed by atoms with E-state index in [4.69, 9.17) is 14.2 Å². The molecule has 10 aliphatic carbocycles. The molecule has 0 spiro atoms. The number of hydrogen-bond donors (Lipinski definition) is 0. The number of benzene rings is 6. The zero-order chi connectivity index (χ0) is 68.7. The fourth-order valence-electron chi connectivity index (χ4n) is 19.4. The Kier molecular flexibility index (Phi) is 16.7. The highest BCUT2D eigenvalue weighted by Crippen LogP contribution is 2.67. The van der Waals surface area contributed by atoms with Crippen LogP contribution in [-0.2, 0) is 15.6 Å². The van der Waals surface area contributed by atoms with Crippen LogP contribution in [0.3, 0.4) is 0 Å². The maximum atomic E-state index is 16.0. The first-order valence-corrected chi connectivity index (χ1v) is 35.9. The summed E-state index contributed by atoms with van der Waals surface area (Å²) in [5, 5.41) is 0. The van der Waals surface area contributed by atoms with E-state index in [1.807, 2.05) is 95.9 Å². The van der Waals surface area contributed by atoms with Crippen molar-refractivity contribution in [2.75, 3.05) is 9.80 Å². The minimum Gasteiger partial charge on any atom is -0.491 e. The molecule has 101 heavy (non-hydrogen) atoms. The Morgan fingerprint density at radius 3 is 2.05 bits per heavy atom. The molecule has 0 radical (unpaired) electrons. The molecular weight excluding hydrogens is 1270 g/mol. The Bertz CT molecular complexity index is 4730. The summed E-state index contributed by atoms with van der Waals surface area (Å²) in [6.07, 6.45) is 52.4. The van der Waals surface area contributed by atoms with Crippen LogP contribution in [0.4, 0.5) is 43.4 Å². The number of nitrogens with zero attached hydrogens (tertiary/aromatic N) is 2. The Balaban J connectivity index is 0.745. The van der Waals surface area contributed by atoms with Gasteiger partial charge in [-0.05, 0) is 229 Å². The van der Waals surface area contributed by atoms with Crippen molar-refractivity contribution < 1.29 is 40.6 Å². The molecule has 0 saturated heterocycles. The molecule has 0 bridgehead atoms. The first-order valence-electron chi connectivity index (χ1n) is 35.9. The van der Waals surface area contributed by atoms with E-state index in [0.29, 0.717) is 46.6 Å². The van der Waals surface area contributed by atoms with Gasteiger partial charge in [0.1, 0.15) is 41.4 Å². The summed E-state index contributed by atoms with van der Waals surface area (Å²) < 4.78 is 113. The third kappa shape index (κ3) is 11.2. The fraction of sp³-hybridized carbons (Fsp3) is 0.267. The molecule has 11 aliphatic rings. The second kappa shape index (κ2) is 26.2. The number of rotatable bonds is 16. The van der Waals surface area contributed by atoms with Crippen LogP contribution in [0.5, 0.6) is 17.2 Å². The number of allylic oxidation sites excluding steroid dienone is 20. The predicted molar refractivity (Wildman–Crippen MR) is 389 cm³/mol. The fourth-order valence-corrected chi connectivity index (χ4v) is 19.4. The Morgan fingerprint density at radius 2 is 1.32 bits per heavy atom. The van der Waals surface area contributed by atoms with Gasteiger partial charge < -0.3 is 24.0 Å². The van der Waals surface area contributed by atoms with Gasteiger partial charge in [0, 0.05) is 87.6 Å². The van der Waals surface area contributed by atoms with Gasteiger partial charge in [-0.3, -0.25) is 0 Å². The molecule has 5 nitrogen and oxygen atoms in total. The van der Waals surface area contributed by atoms with E-state index < -0.39 is 58.3 Å². The quantitative estimate of drug-likeness (QED) is 0.0713. The zero-order valence-electron chi connectivity index (χ0n) is 56.0. The lowest BCUT2D eigenvalue weighted by molar-refractivity contribution is 0.0944. The van der Waals surface area contributed by atoms with Gasteiger partial charge in [-0.1, -0.05) is 140 Å². The third-order valence-corrected chi connectivity index (χ3v) is 23.8. The molecule has 6 aromatic carbocycles. The lowest BCUT2D eigenvalue weighted by Gasteiger charge is -2.49. The molecule has 1 aliphatic heterocycles. The highest BCUT2D eigenvalue weighted by molar-refractivity contribution is 5.73. The van der Waals surface area contributed by atoms with Crippen LogP contribution in [0.1, 0.15) is 86.0 Å². The van der Waals surface area contributed by atoms with Crippen LogP contribution in [0.2, 0.25) is 0 Å². The van der Waals surface area contributed by atoms with Gasteiger partial charge >= 0.3 is 0 Å². The van der Waals surface area contributed by atoms with Crippen molar-refractivity contribution in [3.8, 4) is 17.2 Å². The van der Waals surface area contributed by atoms with E-state index in [2.05, 4.69) is 127 Å². The summed E-state index contributed by atoms with van der Waals surface area (Å²) in [4.78, 5) is 4.12. The van der Waals surface area contributed by atoms with E-state index in [1.54, 1.807) is 36.4 Å². The average molecular weight is 1350 g/mol. The molecule has 1 heterocycles. The van der Waals surface area contributed by atoms with E-state index in [-0.39, 0.29) is 59.8 Å². The average Bonchev–Trinajstić information content (AvgIpc) is 1.55. The van der Waals surface area contributed by atoms with Crippen molar-refractivity contribution in [2.24, 2.45) is 47.3 Å². The minimum absolute atomic E-state index is 0.00944. The molecular formula is C90H78F6N2O3. The van der Waals surface area contributed by atoms with Gasteiger partial charge in [0.15, 0.2) is 23.3 Å². The first-order chi connectivity index (χ1) is 49.3. The van der Waals surface area contributed by atoms with Crippen LogP contribution in [0.15, 0.2) is 302 Å². The molecule has 11 heteroatoms. The van der Waals surface area contributed by atoms with Crippen LogP contribution in [0, 0.1) is 76.4 Å². The smallest absolute Gasteiger partial charge is 0.160 e. The lowest BCUT2D eigenvalue weighted by atomic mass is 9.54. The van der Waals surface area contributed by atoms with Crippen molar-refractivity contribution in [2.45, 2.75) is 99.0 Å². The summed E-state index contributed by atoms with van der Waals surface area (Å²) >= 11 is 0. The maximum Gasteiger partial charge on any atom is 0.160 e. The first kappa shape index (κ1) is 64.4. The predicted octanol–water partition coefficient (Wildman–Crippen LogP) is 22.4. The van der Waals surface area contributed by atoms with E-state index in [1.165, 1.54) is 24.3 Å². The van der Waals surface area contributed by atoms with Crippen molar-refractivity contribution in [1.82, 2.24) is 0 Å². The second-order valence-electron chi connectivity index (χ2n) is 28.9. The van der Waals surface area contributed by atoms with E-state index in [0.717, 1.165) is 101 Å². The van der Waals surface area contributed by atoms with Gasteiger partial charge in [0.05, 0.1) is 11.8 Å². The van der Waals surface area contributed by atoms with Gasteiger partial charge in [0.2, 0.25) is 0 Å². The summed E-state index contributed by atoms with van der Waals surface area (Å²) in [7, 11) is 0. The highest BCUT2D eigenvalue weighted by atomic mass is 19.2. The molecule has 1 fully saturated rings. The van der Waals surface area contributed by atoms with Crippen molar-refractivity contribution in [1.29, 1.82) is 0 Å². The molecule has 508 valence electrons. The van der Waals surface area contributed by atoms with Crippen molar-refractivity contribution >= 4 is 23.1 Å². The Hall–Kier alpha value is -10.0. The number of fused-ring (bicyclic) bond motifs is 8. The maximum absolute atomic E-state index is 16.0. The van der Waals surface area contributed by atoms with Gasteiger partial charge in [-0.15, -0.1) is 6.58 Å². The number of hydrogen-bond acceptors (Lipinski definition) is 5. The monoisotopic (exact) mass is 1350 g/mol. The number of ether oxygens (including phenoxy) is 3. The number of halogens is 6. The Morgan fingerprint density at radius 1 is 0.584 bits per heavy atom. The van der Waals surface area contributed by atoms with E-state index >= 15 is 26.3 Å². The number of alkyl halides is 1. The molecule has 15 unspecified atom stereocenters. The summed E-state index contributed by atoms with van der Waals surface area (Å²) in [5.74, 6) is -0.779. The molecule has 0 aromatic heterocycles. The molecule has 1 saturated carbocycles. The number of anilines is 3. The molecule has 15 atom stereocenters. The van der Waals surface area contributed by atoms with Crippen LogP contribution in [-0.4, -0.2) is 24.4 Å². The largest absolute Gasteiger partial charge is 0.491 e. The second-order valence-corrected chi connectivity index (χ2v) is 28.9. The van der Waals surface area contributed by atoms with Gasteiger partial charge in [-0.25, -0.2) is 26.3 Å². The normalized spacial score (nSPS) is 30.5. The molecule has 17 rings (SSSR count). The third-order valence-electron chi connectivity index (χ3n) is 23.8.